The molecule has 0 unspecified atom stereocenters. The second-order valence-electron chi connectivity index (χ2n) is 3.47. The van der Waals surface area contributed by atoms with Gasteiger partial charge in [-0.1, -0.05) is 33.6 Å². The van der Waals surface area contributed by atoms with Gasteiger partial charge in [0.25, 0.3) is 0 Å². The lowest BCUT2D eigenvalue weighted by molar-refractivity contribution is 0.693. The zero-order chi connectivity index (χ0) is 11.4. The molecule has 1 aromatic heterocycles. The molecular weight excluding hydrogens is 306 g/mol. The van der Waals surface area contributed by atoms with Crippen LogP contribution >= 0.6 is 38.9 Å². The van der Waals surface area contributed by atoms with Crippen molar-refractivity contribution >= 4 is 38.9 Å². The third-order valence-electron chi connectivity index (χ3n) is 2.24. The highest BCUT2D eigenvalue weighted by molar-refractivity contribution is 9.10. The summed E-state index contributed by atoms with van der Waals surface area (Å²) in [7, 11) is 0. The lowest BCUT2D eigenvalue weighted by Gasteiger charge is -2.06. The van der Waals surface area contributed by atoms with Crippen LogP contribution in [0.4, 0.5) is 0 Å². The molecule has 1 N–H and O–H groups in total. The van der Waals surface area contributed by atoms with Gasteiger partial charge in [-0.3, -0.25) is 0 Å². The zero-order valence-electron chi connectivity index (χ0n) is 8.54. The van der Waals surface area contributed by atoms with Crippen LogP contribution < -0.4 is 5.32 Å². The second-order valence-corrected chi connectivity index (χ2v) is 5.54. The number of halogens is 2. The van der Waals surface area contributed by atoms with E-state index in [9.17, 15) is 0 Å². The summed E-state index contributed by atoms with van der Waals surface area (Å²) in [5.74, 6) is 0. The van der Waals surface area contributed by atoms with Crippen molar-refractivity contribution < 1.29 is 0 Å². The summed E-state index contributed by atoms with van der Waals surface area (Å²) in [6, 6.07) is 8.00. The highest BCUT2D eigenvalue weighted by Crippen LogP contribution is 2.21. The van der Waals surface area contributed by atoms with E-state index in [1.165, 1.54) is 11.1 Å². The Bertz CT molecular complexity index is 456. The molecule has 2 aromatic rings. The average molecular weight is 317 g/mol. The molecule has 0 radical (unpaired) electrons. The average Bonchev–Trinajstić information content (AvgIpc) is 2.74. The van der Waals surface area contributed by atoms with E-state index in [0.29, 0.717) is 0 Å². The van der Waals surface area contributed by atoms with Gasteiger partial charge in [-0.2, -0.15) is 11.3 Å². The minimum absolute atomic E-state index is 0.758. The molecule has 84 valence electrons. The lowest BCUT2D eigenvalue weighted by Crippen LogP contribution is -2.12. The van der Waals surface area contributed by atoms with E-state index in [4.69, 9.17) is 11.6 Å². The van der Waals surface area contributed by atoms with E-state index in [-0.39, 0.29) is 0 Å². The first kappa shape index (κ1) is 12.1. The predicted octanol–water partition coefficient (Wildman–Crippen LogP) is 4.45. The molecular formula is C12H11BrClNS. The molecule has 0 saturated heterocycles. The van der Waals surface area contributed by atoms with Crippen molar-refractivity contribution in [2.75, 3.05) is 0 Å². The van der Waals surface area contributed by atoms with E-state index in [1.54, 1.807) is 11.3 Å². The number of benzene rings is 1. The van der Waals surface area contributed by atoms with Gasteiger partial charge in [-0.15, -0.1) is 0 Å². The standard InChI is InChI=1S/C12H11BrClNS/c13-12-5-11(14)2-1-10(12)7-15-6-9-3-4-16-8-9/h1-5,8,15H,6-7H2. The molecule has 0 aliphatic heterocycles. The van der Waals surface area contributed by atoms with Gasteiger partial charge in [0.15, 0.2) is 0 Å². The Labute approximate surface area is 113 Å². The third-order valence-corrected chi connectivity index (χ3v) is 3.95. The van der Waals surface area contributed by atoms with E-state index >= 15 is 0 Å². The maximum Gasteiger partial charge on any atom is 0.0417 e. The Kier molecular flexibility index (Phi) is 4.41. The van der Waals surface area contributed by atoms with Gasteiger partial charge in [0.2, 0.25) is 0 Å². The normalized spacial score (nSPS) is 10.6. The fraction of sp³-hybridized carbons (Fsp3) is 0.167. The SMILES string of the molecule is Clc1ccc(CNCc2ccsc2)c(Br)c1. The first-order chi connectivity index (χ1) is 7.75. The number of nitrogens with one attached hydrogen (secondary N) is 1. The molecule has 0 aliphatic rings. The van der Waals surface area contributed by atoms with Crippen LogP contribution in [0.25, 0.3) is 0 Å². The van der Waals surface area contributed by atoms with E-state index in [2.05, 4.69) is 38.1 Å². The summed E-state index contributed by atoms with van der Waals surface area (Å²) in [5, 5.41) is 8.40. The van der Waals surface area contributed by atoms with Crippen molar-refractivity contribution in [2.24, 2.45) is 0 Å². The fourth-order valence-electron chi connectivity index (χ4n) is 1.40. The van der Waals surface area contributed by atoms with Crippen LogP contribution in [0.1, 0.15) is 11.1 Å². The van der Waals surface area contributed by atoms with Crippen molar-refractivity contribution in [3.05, 3.63) is 55.6 Å². The Balaban J connectivity index is 1.90. The van der Waals surface area contributed by atoms with Crippen LogP contribution in [0, 0.1) is 0 Å². The van der Waals surface area contributed by atoms with E-state index < -0.39 is 0 Å². The number of thiophene rings is 1. The van der Waals surface area contributed by atoms with Crippen molar-refractivity contribution in [2.45, 2.75) is 13.1 Å². The van der Waals surface area contributed by atoms with Gasteiger partial charge < -0.3 is 5.32 Å². The molecule has 0 bridgehead atoms. The highest BCUT2D eigenvalue weighted by Gasteiger charge is 2.00. The molecule has 0 spiro atoms. The van der Waals surface area contributed by atoms with Gasteiger partial charge in [0, 0.05) is 22.6 Å². The van der Waals surface area contributed by atoms with Crippen molar-refractivity contribution in [3.8, 4) is 0 Å². The van der Waals surface area contributed by atoms with Crippen LogP contribution in [-0.2, 0) is 13.1 Å². The van der Waals surface area contributed by atoms with Crippen molar-refractivity contribution in [3.63, 3.8) is 0 Å². The molecule has 0 atom stereocenters. The van der Waals surface area contributed by atoms with Gasteiger partial charge >= 0.3 is 0 Å². The highest BCUT2D eigenvalue weighted by atomic mass is 79.9. The lowest BCUT2D eigenvalue weighted by atomic mass is 10.2. The second kappa shape index (κ2) is 5.82. The summed E-state index contributed by atoms with van der Waals surface area (Å²) in [6.07, 6.45) is 0. The quantitative estimate of drug-likeness (QED) is 0.878. The Hall–Kier alpha value is -0.350. The molecule has 0 saturated carbocycles. The summed E-state index contributed by atoms with van der Waals surface area (Å²) in [6.45, 7) is 1.74. The Morgan fingerprint density at radius 1 is 1.25 bits per heavy atom. The van der Waals surface area contributed by atoms with Crippen molar-refractivity contribution in [1.82, 2.24) is 5.32 Å². The van der Waals surface area contributed by atoms with E-state index in [0.717, 1.165) is 22.6 Å². The molecule has 2 rings (SSSR count). The minimum Gasteiger partial charge on any atom is -0.309 e. The van der Waals surface area contributed by atoms with Gasteiger partial charge in [0.05, 0.1) is 0 Å². The monoisotopic (exact) mass is 315 g/mol. The van der Waals surface area contributed by atoms with Crippen LogP contribution in [0.2, 0.25) is 5.02 Å². The maximum atomic E-state index is 5.88. The zero-order valence-corrected chi connectivity index (χ0v) is 11.7. The van der Waals surface area contributed by atoms with Crippen LogP contribution in [0.3, 0.4) is 0 Å². The molecule has 1 aromatic carbocycles. The Morgan fingerprint density at radius 2 is 2.12 bits per heavy atom. The van der Waals surface area contributed by atoms with E-state index in [1.807, 2.05) is 18.2 Å². The maximum absolute atomic E-state index is 5.88. The predicted molar refractivity (Wildman–Crippen MR) is 74.0 cm³/mol. The van der Waals surface area contributed by atoms with Crippen LogP contribution in [-0.4, -0.2) is 0 Å². The smallest absolute Gasteiger partial charge is 0.0417 e. The molecule has 4 heteroatoms. The first-order valence-corrected chi connectivity index (χ1v) is 7.03. The Morgan fingerprint density at radius 3 is 2.81 bits per heavy atom. The third kappa shape index (κ3) is 3.32. The van der Waals surface area contributed by atoms with Gasteiger partial charge in [-0.05, 0) is 40.1 Å². The molecule has 1 nitrogen and oxygen atoms in total. The summed E-state index contributed by atoms with van der Waals surface area (Å²) in [5.41, 5.74) is 2.55. The van der Waals surface area contributed by atoms with Crippen LogP contribution in [0.15, 0.2) is 39.5 Å². The molecule has 16 heavy (non-hydrogen) atoms. The number of rotatable bonds is 4. The first-order valence-electron chi connectivity index (χ1n) is 4.91. The molecule has 1 heterocycles. The molecule has 0 amide bonds. The largest absolute Gasteiger partial charge is 0.309 e. The van der Waals surface area contributed by atoms with Gasteiger partial charge in [0.1, 0.15) is 0 Å². The number of hydrogen-bond acceptors (Lipinski definition) is 2. The fourth-order valence-corrected chi connectivity index (χ4v) is 2.89. The molecule has 0 fully saturated rings. The number of hydrogen-bond donors (Lipinski definition) is 1. The topological polar surface area (TPSA) is 12.0 Å². The summed E-state index contributed by atoms with van der Waals surface area (Å²) < 4.78 is 1.05. The molecule has 0 aliphatic carbocycles. The summed E-state index contributed by atoms with van der Waals surface area (Å²) in [4.78, 5) is 0. The van der Waals surface area contributed by atoms with Crippen molar-refractivity contribution in [1.29, 1.82) is 0 Å². The van der Waals surface area contributed by atoms with Crippen LogP contribution in [0.5, 0.6) is 0 Å². The minimum atomic E-state index is 0.758. The summed E-state index contributed by atoms with van der Waals surface area (Å²) >= 11 is 11.1. The van der Waals surface area contributed by atoms with Gasteiger partial charge in [-0.25, -0.2) is 0 Å².